The van der Waals surface area contributed by atoms with E-state index in [0.29, 0.717) is 24.7 Å². The Kier molecular flexibility index (Phi) is 5.16. The Balaban J connectivity index is 1.62. The van der Waals surface area contributed by atoms with Gasteiger partial charge in [0.25, 0.3) is 0 Å². The van der Waals surface area contributed by atoms with Crippen molar-refractivity contribution in [3.05, 3.63) is 103 Å². The van der Waals surface area contributed by atoms with Crippen LogP contribution in [0.25, 0.3) is 11.3 Å². The van der Waals surface area contributed by atoms with Crippen LogP contribution in [0.2, 0.25) is 0 Å². The van der Waals surface area contributed by atoms with Crippen LogP contribution in [-0.4, -0.2) is 9.97 Å². The van der Waals surface area contributed by atoms with Gasteiger partial charge in [0.05, 0.1) is 18.2 Å². The van der Waals surface area contributed by atoms with E-state index in [9.17, 15) is 0 Å². The van der Waals surface area contributed by atoms with Gasteiger partial charge in [-0.3, -0.25) is 0 Å². The third-order valence-corrected chi connectivity index (χ3v) is 4.23. The fraction of sp³-hybridized carbons (Fsp3) is 0.0870. The second-order valence-corrected chi connectivity index (χ2v) is 6.15. The maximum atomic E-state index is 6.19. The molecule has 134 valence electrons. The molecule has 1 N–H and O–H groups in total. The summed E-state index contributed by atoms with van der Waals surface area (Å²) in [4.78, 5) is 7.28. The monoisotopic (exact) mass is 356 g/mol. The molecule has 0 unspecified atom stereocenters. The van der Waals surface area contributed by atoms with E-state index in [1.54, 1.807) is 12.5 Å². The van der Waals surface area contributed by atoms with Crippen LogP contribution in [0, 0.1) is 0 Å². The third-order valence-electron chi connectivity index (χ3n) is 4.23. The first kappa shape index (κ1) is 16.9. The van der Waals surface area contributed by atoms with Crippen molar-refractivity contribution in [1.29, 1.82) is 0 Å². The molecule has 0 spiro atoms. The molecular formula is C23H20N2O2. The summed E-state index contributed by atoms with van der Waals surface area (Å²) in [5.41, 5.74) is 4.03. The number of para-hydroxylation sites is 1. The summed E-state index contributed by atoms with van der Waals surface area (Å²) in [6, 6.07) is 26.1. The summed E-state index contributed by atoms with van der Waals surface area (Å²) in [6.07, 6.45) is 3.44. The number of imidazole rings is 1. The minimum Gasteiger partial charge on any atom is -0.485 e. The zero-order valence-electron chi connectivity index (χ0n) is 14.8. The summed E-state index contributed by atoms with van der Waals surface area (Å²) in [6.45, 7) is 0.947. The Morgan fingerprint density at radius 1 is 0.704 bits per heavy atom. The quantitative estimate of drug-likeness (QED) is 0.493. The van der Waals surface area contributed by atoms with E-state index >= 15 is 0 Å². The van der Waals surface area contributed by atoms with Crippen molar-refractivity contribution >= 4 is 0 Å². The molecule has 0 saturated heterocycles. The Hall–Kier alpha value is -3.53. The predicted octanol–water partition coefficient (Wildman–Crippen LogP) is 5.23. The van der Waals surface area contributed by atoms with Crippen LogP contribution in [0.4, 0.5) is 0 Å². The van der Waals surface area contributed by atoms with Gasteiger partial charge in [0, 0.05) is 5.56 Å². The van der Waals surface area contributed by atoms with E-state index < -0.39 is 0 Å². The lowest BCUT2D eigenvalue weighted by atomic mass is 10.1. The van der Waals surface area contributed by atoms with Crippen LogP contribution in [-0.2, 0) is 13.2 Å². The molecule has 4 rings (SSSR count). The molecule has 4 nitrogen and oxygen atoms in total. The number of H-pyrrole nitrogens is 1. The van der Waals surface area contributed by atoms with Gasteiger partial charge in [-0.15, -0.1) is 0 Å². The Labute approximate surface area is 158 Å². The van der Waals surface area contributed by atoms with Crippen molar-refractivity contribution in [1.82, 2.24) is 9.97 Å². The topological polar surface area (TPSA) is 47.1 Å². The number of hydrogen-bond donors (Lipinski definition) is 1. The number of rotatable bonds is 7. The van der Waals surface area contributed by atoms with Gasteiger partial charge in [0.1, 0.15) is 13.2 Å². The van der Waals surface area contributed by atoms with Crippen molar-refractivity contribution in [2.45, 2.75) is 13.2 Å². The summed E-state index contributed by atoms with van der Waals surface area (Å²) >= 11 is 0. The molecule has 0 saturated carbocycles. The number of nitrogens with zero attached hydrogens (tertiary/aromatic N) is 1. The maximum Gasteiger partial charge on any atom is 0.171 e. The minimum absolute atomic E-state index is 0.466. The molecule has 1 heterocycles. The molecule has 27 heavy (non-hydrogen) atoms. The first-order valence-corrected chi connectivity index (χ1v) is 8.85. The second kappa shape index (κ2) is 8.23. The Morgan fingerprint density at radius 2 is 1.37 bits per heavy atom. The maximum absolute atomic E-state index is 6.19. The number of aromatic nitrogens is 2. The molecule has 0 aliphatic rings. The number of nitrogens with one attached hydrogen (secondary N) is 1. The van der Waals surface area contributed by atoms with Crippen molar-refractivity contribution in [3.63, 3.8) is 0 Å². The van der Waals surface area contributed by atoms with E-state index in [2.05, 4.69) is 9.97 Å². The molecule has 0 amide bonds. The summed E-state index contributed by atoms with van der Waals surface area (Å²) in [5.74, 6) is 1.42. The van der Waals surface area contributed by atoms with E-state index in [-0.39, 0.29) is 0 Å². The lowest BCUT2D eigenvalue weighted by Crippen LogP contribution is -2.02. The van der Waals surface area contributed by atoms with Crippen molar-refractivity contribution in [2.24, 2.45) is 0 Å². The van der Waals surface area contributed by atoms with E-state index in [1.165, 1.54) is 0 Å². The Morgan fingerprint density at radius 3 is 2.00 bits per heavy atom. The van der Waals surface area contributed by atoms with Crippen LogP contribution >= 0.6 is 0 Å². The van der Waals surface area contributed by atoms with Gasteiger partial charge in [-0.2, -0.15) is 0 Å². The lowest BCUT2D eigenvalue weighted by Gasteiger charge is -2.16. The van der Waals surface area contributed by atoms with Gasteiger partial charge in [-0.25, -0.2) is 4.98 Å². The molecule has 1 aromatic heterocycles. The second-order valence-electron chi connectivity index (χ2n) is 6.15. The Bertz CT molecular complexity index is 968. The SMILES string of the molecule is c1ccc(COc2cccc(-c3cnc[nH]3)c2OCc2ccccc2)cc1. The van der Waals surface area contributed by atoms with E-state index in [4.69, 9.17) is 9.47 Å². The van der Waals surface area contributed by atoms with Crippen molar-refractivity contribution in [3.8, 4) is 22.8 Å². The smallest absolute Gasteiger partial charge is 0.171 e. The van der Waals surface area contributed by atoms with Gasteiger partial charge >= 0.3 is 0 Å². The fourth-order valence-corrected chi connectivity index (χ4v) is 2.86. The molecule has 0 fully saturated rings. The van der Waals surface area contributed by atoms with Gasteiger partial charge in [0.2, 0.25) is 0 Å². The minimum atomic E-state index is 0.466. The first-order chi connectivity index (χ1) is 13.4. The van der Waals surface area contributed by atoms with Gasteiger partial charge in [-0.1, -0.05) is 66.7 Å². The van der Waals surface area contributed by atoms with Gasteiger partial charge in [-0.05, 0) is 23.3 Å². The highest BCUT2D eigenvalue weighted by molar-refractivity contribution is 5.70. The lowest BCUT2D eigenvalue weighted by molar-refractivity contribution is 0.257. The molecule has 0 aliphatic carbocycles. The highest BCUT2D eigenvalue weighted by Crippen LogP contribution is 2.38. The molecule has 0 atom stereocenters. The summed E-state index contributed by atoms with van der Waals surface area (Å²) in [5, 5.41) is 0. The summed E-state index contributed by atoms with van der Waals surface area (Å²) in [7, 11) is 0. The van der Waals surface area contributed by atoms with E-state index in [0.717, 1.165) is 22.4 Å². The van der Waals surface area contributed by atoms with Crippen molar-refractivity contribution < 1.29 is 9.47 Å². The molecule has 3 aromatic carbocycles. The molecule has 0 bridgehead atoms. The fourth-order valence-electron chi connectivity index (χ4n) is 2.86. The van der Waals surface area contributed by atoms with Crippen LogP contribution < -0.4 is 9.47 Å². The molecule has 0 aliphatic heterocycles. The average molecular weight is 356 g/mol. The highest BCUT2D eigenvalue weighted by Gasteiger charge is 2.14. The van der Waals surface area contributed by atoms with Crippen LogP contribution in [0.5, 0.6) is 11.5 Å². The normalized spacial score (nSPS) is 10.5. The highest BCUT2D eigenvalue weighted by atomic mass is 16.5. The largest absolute Gasteiger partial charge is 0.485 e. The number of benzene rings is 3. The third kappa shape index (κ3) is 4.18. The first-order valence-electron chi connectivity index (χ1n) is 8.85. The number of aromatic amines is 1. The molecule has 0 radical (unpaired) electrons. The average Bonchev–Trinajstić information content (AvgIpc) is 3.27. The van der Waals surface area contributed by atoms with Crippen LogP contribution in [0.15, 0.2) is 91.4 Å². The van der Waals surface area contributed by atoms with Gasteiger partial charge < -0.3 is 14.5 Å². The number of ether oxygens (including phenoxy) is 2. The van der Waals surface area contributed by atoms with E-state index in [1.807, 2.05) is 78.9 Å². The number of hydrogen-bond acceptors (Lipinski definition) is 3. The zero-order valence-corrected chi connectivity index (χ0v) is 14.8. The van der Waals surface area contributed by atoms with Crippen LogP contribution in [0.3, 0.4) is 0 Å². The van der Waals surface area contributed by atoms with Crippen LogP contribution in [0.1, 0.15) is 11.1 Å². The summed E-state index contributed by atoms with van der Waals surface area (Å²) < 4.78 is 12.3. The van der Waals surface area contributed by atoms with Crippen molar-refractivity contribution in [2.75, 3.05) is 0 Å². The standard InChI is InChI=1S/C23H20N2O2/c1-3-8-18(9-4-1)15-26-22-13-7-12-20(21-14-24-17-25-21)23(22)27-16-19-10-5-2-6-11-19/h1-14,17H,15-16H2,(H,24,25). The predicted molar refractivity (Wildman–Crippen MR) is 106 cm³/mol. The van der Waals surface area contributed by atoms with Gasteiger partial charge in [0.15, 0.2) is 11.5 Å². The molecular weight excluding hydrogens is 336 g/mol. The zero-order chi connectivity index (χ0) is 18.3. The molecule has 4 heteroatoms. The molecule has 4 aromatic rings.